The molecule has 0 radical (unpaired) electrons. The van der Waals surface area contributed by atoms with Gasteiger partial charge in [0.15, 0.2) is 27.1 Å². The van der Waals surface area contributed by atoms with Gasteiger partial charge in [0.2, 0.25) is 0 Å². The molecule has 4 bridgehead atoms. The van der Waals surface area contributed by atoms with E-state index in [9.17, 15) is 13.2 Å². The first-order chi connectivity index (χ1) is 14.8. The molecular formula is C23H25NO6S. The molecular weight excluding hydrogens is 418 g/mol. The Balaban J connectivity index is 1.66. The molecule has 1 aromatic rings. The zero-order chi connectivity index (χ0) is 21.6. The van der Waals surface area contributed by atoms with Crippen molar-refractivity contribution in [2.45, 2.75) is 41.3 Å². The van der Waals surface area contributed by atoms with Crippen molar-refractivity contribution < 1.29 is 27.4 Å². The highest BCUT2D eigenvalue weighted by Crippen LogP contribution is 2.76. The third-order valence-corrected chi connectivity index (χ3v) is 11.5. The molecule has 1 saturated carbocycles. The van der Waals surface area contributed by atoms with E-state index in [1.807, 2.05) is 12.1 Å². The monoisotopic (exact) mass is 443 g/mol. The molecule has 7 aliphatic rings. The Morgan fingerprint density at radius 3 is 2.77 bits per heavy atom. The molecule has 3 fully saturated rings. The average Bonchev–Trinajstić information content (AvgIpc) is 3.24. The minimum Gasteiger partial charge on any atom is -0.493 e. The van der Waals surface area contributed by atoms with Crippen molar-refractivity contribution in [1.82, 2.24) is 4.90 Å². The van der Waals surface area contributed by atoms with Crippen LogP contribution >= 0.6 is 0 Å². The summed E-state index contributed by atoms with van der Waals surface area (Å²) in [4.78, 5) is 15.5. The van der Waals surface area contributed by atoms with Gasteiger partial charge in [-0.3, -0.25) is 4.79 Å². The molecule has 0 N–H and O–H groups in total. The van der Waals surface area contributed by atoms with Crippen LogP contribution in [0.5, 0.6) is 11.5 Å². The van der Waals surface area contributed by atoms with E-state index in [2.05, 4.69) is 24.1 Å². The Kier molecular flexibility index (Phi) is 3.12. The van der Waals surface area contributed by atoms with E-state index in [4.69, 9.17) is 14.2 Å². The first kappa shape index (κ1) is 18.7. The van der Waals surface area contributed by atoms with Gasteiger partial charge in [0.25, 0.3) is 0 Å². The van der Waals surface area contributed by atoms with Crippen LogP contribution in [-0.4, -0.2) is 75.7 Å². The summed E-state index contributed by atoms with van der Waals surface area (Å²) in [5.41, 5.74) is -0.131. The van der Waals surface area contributed by atoms with E-state index in [1.54, 1.807) is 14.2 Å². The maximum absolute atomic E-state index is 13.6. The number of Topliss-reactive ketones (excluding diaryl/α,β-unsaturated/α-hetero) is 1. The predicted octanol–water partition coefficient (Wildman–Crippen LogP) is 0.891. The summed E-state index contributed by atoms with van der Waals surface area (Å²) in [6.45, 7) is 0.835. The highest BCUT2D eigenvalue weighted by atomic mass is 32.2. The summed E-state index contributed by atoms with van der Waals surface area (Å²) < 4.78 is 45.7. The number of sulfone groups is 1. The smallest absolute Gasteiger partial charge is 0.166 e. The molecule has 164 valence electrons. The Hall–Kier alpha value is -1.90. The van der Waals surface area contributed by atoms with Crippen LogP contribution in [0.3, 0.4) is 0 Å². The molecule has 3 aliphatic heterocycles. The van der Waals surface area contributed by atoms with Gasteiger partial charge in [-0.15, -0.1) is 0 Å². The number of ketones is 1. The topological polar surface area (TPSA) is 82.1 Å². The van der Waals surface area contributed by atoms with Crippen LogP contribution in [0.1, 0.15) is 17.5 Å². The quantitative estimate of drug-likeness (QED) is 0.628. The molecule has 2 spiro atoms. The third kappa shape index (κ3) is 1.61. The molecule has 7 unspecified atom stereocenters. The van der Waals surface area contributed by atoms with E-state index in [0.29, 0.717) is 11.5 Å². The van der Waals surface area contributed by atoms with Crippen molar-refractivity contribution >= 4 is 15.6 Å². The van der Waals surface area contributed by atoms with Crippen molar-refractivity contribution in [2.24, 2.45) is 11.3 Å². The van der Waals surface area contributed by atoms with E-state index in [-0.39, 0.29) is 11.8 Å². The molecule has 1 aromatic carbocycles. The molecule has 3 heterocycles. The van der Waals surface area contributed by atoms with Crippen molar-refractivity contribution in [3.05, 3.63) is 35.4 Å². The summed E-state index contributed by atoms with van der Waals surface area (Å²) in [7, 11) is 1.64. The lowest BCUT2D eigenvalue weighted by Crippen LogP contribution is -2.83. The van der Waals surface area contributed by atoms with Gasteiger partial charge >= 0.3 is 0 Å². The first-order valence-electron chi connectivity index (χ1n) is 10.9. The lowest BCUT2D eigenvalue weighted by molar-refractivity contribution is -0.207. The summed E-state index contributed by atoms with van der Waals surface area (Å²) in [5, 5.41) is -0.796. The zero-order valence-electron chi connectivity index (χ0n) is 17.8. The second-order valence-electron chi connectivity index (χ2n) is 10.0. The number of hydrogen-bond acceptors (Lipinski definition) is 7. The standard InChI is InChI=1S/C23H25NO6S/c1-24-9-8-22-16-12-4-5-14(28-2)18(16)30-20(22)23(29-3)7-6-21(22,15(24)10-12)19-17(23)13(25)11-31(19,26)27/h4-7,15,17,19-20H,8-11H2,1-3H3. The lowest BCUT2D eigenvalue weighted by atomic mass is 9.36. The molecule has 7 atom stereocenters. The lowest BCUT2D eigenvalue weighted by Gasteiger charge is -2.71. The fourth-order valence-electron chi connectivity index (χ4n) is 8.53. The highest BCUT2D eigenvalue weighted by Gasteiger charge is 2.86. The molecule has 0 aromatic heterocycles. The van der Waals surface area contributed by atoms with E-state index >= 15 is 0 Å². The predicted molar refractivity (Wildman–Crippen MR) is 111 cm³/mol. The number of hydrogen-bond donors (Lipinski definition) is 0. The minimum atomic E-state index is -3.64. The number of ether oxygens (including phenoxy) is 3. The van der Waals surface area contributed by atoms with Crippen LogP contribution in [0.25, 0.3) is 0 Å². The maximum atomic E-state index is 13.6. The first-order valence-corrected chi connectivity index (χ1v) is 12.6. The minimum absolute atomic E-state index is 0.0289. The molecule has 4 aliphatic carbocycles. The zero-order valence-corrected chi connectivity index (χ0v) is 18.6. The van der Waals surface area contributed by atoms with Crippen LogP contribution in [0, 0.1) is 11.3 Å². The van der Waals surface area contributed by atoms with Crippen LogP contribution in [-0.2, 0) is 31.2 Å². The van der Waals surface area contributed by atoms with Crippen molar-refractivity contribution in [3.8, 4) is 11.5 Å². The SMILES string of the molecule is COc1ccc2c3c1OC1C4(OC)C=CC5(C(C2)N(C)CCC315)C1C4C(=O)CS1(=O)=O. The fraction of sp³-hybridized carbons (Fsp3) is 0.609. The average molecular weight is 444 g/mol. The van der Waals surface area contributed by atoms with Crippen LogP contribution in [0.4, 0.5) is 0 Å². The van der Waals surface area contributed by atoms with Crippen molar-refractivity contribution in [1.29, 1.82) is 0 Å². The molecule has 8 heteroatoms. The number of carbonyl (C=O) groups excluding carboxylic acids is 1. The molecule has 8 rings (SSSR count). The Morgan fingerprint density at radius 1 is 1.23 bits per heavy atom. The van der Waals surface area contributed by atoms with E-state index in [1.165, 1.54) is 5.56 Å². The number of methoxy groups -OCH3 is 2. The van der Waals surface area contributed by atoms with Gasteiger partial charge in [-0.2, -0.15) is 0 Å². The summed E-state index contributed by atoms with van der Waals surface area (Å²) in [6.07, 6.45) is 5.07. The number of likely N-dealkylation sites (tertiary alicyclic amines) is 1. The number of nitrogens with zero attached hydrogens (tertiary/aromatic N) is 1. The summed E-state index contributed by atoms with van der Waals surface area (Å²) in [6, 6.07) is 4.01. The van der Waals surface area contributed by atoms with Gasteiger partial charge in [-0.05, 0) is 38.1 Å². The number of benzene rings is 1. The largest absolute Gasteiger partial charge is 0.493 e. The van der Waals surface area contributed by atoms with Gasteiger partial charge in [-0.1, -0.05) is 18.2 Å². The van der Waals surface area contributed by atoms with Gasteiger partial charge in [0, 0.05) is 24.1 Å². The Morgan fingerprint density at radius 2 is 2.03 bits per heavy atom. The maximum Gasteiger partial charge on any atom is 0.166 e. The summed E-state index contributed by atoms with van der Waals surface area (Å²) in [5.74, 6) is -0.0502. The molecule has 0 amide bonds. The third-order valence-electron chi connectivity index (χ3n) is 9.41. The second-order valence-corrected chi connectivity index (χ2v) is 12.2. The number of piperidine rings is 1. The highest BCUT2D eigenvalue weighted by molar-refractivity contribution is 7.93. The van der Waals surface area contributed by atoms with E-state index < -0.39 is 49.3 Å². The van der Waals surface area contributed by atoms with Gasteiger partial charge in [-0.25, -0.2) is 8.42 Å². The normalized spacial score (nSPS) is 47.1. The number of rotatable bonds is 2. The molecule has 2 saturated heterocycles. The van der Waals surface area contributed by atoms with Crippen LogP contribution < -0.4 is 9.47 Å². The Labute approximate surface area is 181 Å². The molecule has 7 nitrogen and oxygen atoms in total. The van der Waals surface area contributed by atoms with Crippen LogP contribution in [0.2, 0.25) is 0 Å². The summed E-state index contributed by atoms with van der Waals surface area (Å²) >= 11 is 0. The van der Waals surface area contributed by atoms with E-state index in [0.717, 1.165) is 24.9 Å². The number of likely N-dealkylation sites (N-methyl/N-ethyl adjacent to an activating group) is 1. The Bertz CT molecular complexity index is 1210. The second kappa shape index (κ2) is 5.18. The van der Waals surface area contributed by atoms with Crippen molar-refractivity contribution in [3.63, 3.8) is 0 Å². The number of carbonyl (C=O) groups is 1. The van der Waals surface area contributed by atoms with Gasteiger partial charge in [0.05, 0.1) is 23.7 Å². The molecule has 31 heavy (non-hydrogen) atoms. The van der Waals surface area contributed by atoms with Crippen molar-refractivity contribution in [2.75, 3.05) is 33.6 Å². The van der Waals surface area contributed by atoms with Gasteiger partial charge < -0.3 is 19.1 Å². The fourth-order valence-corrected chi connectivity index (χ4v) is 11.1. The van der Waals surface area contributed by atoms with Gasteiger partial charge in [0.1, 0.15) is 17.5 Å². The van der Waals surface area contributed by atoms with Crippen LogP contribution in [0.15, 0.2) is 24.3 Å².